The summed E-state index contributed by atoms with van der Waals surface area (Å²) in [6.45, 7) is 4.56. The van der Waals surface area contributed by atoms with Crippen LogP contribution in [-0.2, 0) is 12.8 Å². The molecule has 0 spiro atoms. The molecular weight excluding hydrogens is 448 g/mol. The fourth-order valence-corrected chi connectivity index (χ4v) is 5.05. The fraction of sp³-hybridized carbons (Fsp3) is 0.543. The molecule has 200 valence electrons. The second-order valence-corrected chi connectivity index (χ2v) is 10.8. The summed E-state index contributed by atoms with van der Waals surface area (Å²) in [4.78, 5) is 9.49. The van der Waals surface area contributed by atoms with E-state index in [1.54, 1.807) is 0 Å². The maximum atomic E-state index is 4.76. The molecule has 0 amide bonds. The predicted molar refractivity (Wildman–Crippen MR) is 161 cm³/mol. The van der Waals surface area contributed by atoms with Gasteiger partial charge in [0.05, 0.1) is 5.69 Å². The van der Waals surface area contributed by atoms with Crippen LogP contribution in [0.25, 0.3) is 22.4 Å². The van der Waals surface area contributed by atoms with E-state index in [4.69, 9.17) is 9.97 Å². The molecular formula is C35H50N2. The Labute approximate surface area is 227 Å². The summed E-state index contributed by atoms with van der Waals surface area (Å²) in [7, 11) is 0. The Morgan fingerprint density at radius 3 is 1.43 bits per heavy atom. The second-order valence-electron chi connectivity index (χ2n) is 10.8. The minimum atomic E-state index is 1.03. The average Bonchev–Trinajstić information content (AvgIpc) is 2.95. The summed E-state index contributed by atoms with van der Waals surface area (Å²) >= 11 is 0. The summed E-state index contributed by atoms with van der Waals surface area (Å²) in [6.07, 6.45) is 26.6. The summed E-state index contributed by atoms with van der Waals surface area (Å²) in [5, 5.41) is 0. The number of rotatable bonds is 19. The SMILES string of the molecule is CCCCCCCCCCCc1ccc(-c2ccc(-c3ccc(CCCCCCCC)cc3)nc2)cn1. The molecule has 0 unspecified atom stereocenters. The first kappa shape index (κ1) is 29.1. The van der Waals surface area contributed by atoms with Crippen LogP contribution in [0.3, 0.4) is 0 Å². The number of hydrogen-bond donors (Lipinski definition) is 0. The van der Waals surface area contributed by atoms with E-state index in [0.717, 1.165) is 23.2 Å². The van der Waals surface area contributed by atoms with E-state index in [9.17, 15) is 0 Å². The molecule has 1 aromatic carbocycles. The van der Waals surface area contributed by atoms with Crippen molar-refractivity contribution in [3.05, 3.63) is 72.2 Å². The third kappa shape index (κ3) is 11.2. The largest absolute Gasteiger partial charge is 0.261 e. The lowest BCUT2D eigenvalue weighted by molar-refractivity contribution is 0.563. The zero-order valence-electron chi connectivity index (χ0n) is 23.7. The van der Waals surface area contributed by atoms with Gasteiger partial charge in [-0.3, -0.25) is 9.97 Å². The summed E-state index contributed by atoms with van der Waals surface area (Å²) < 4.78 is 0. The van der Waals surface area contributed by atoms with E-state index >= 15 is 0 Å². The molecule has 0 radical (unpaired) electrons. The van der Waals surface area contributed by atoms with Gasteiger partial charge in [-0.15, -0.1) is 0 Å². The Morgan fingerprint density at radius 2 is 0.919 bits per heavy atom. The minimum Gasteiger partial charge on any atom is -0.261 e. The van der Waals surface area contributed by atoms with E-state index in [0.29, 0.717) is 0 Å². The van der Waals surface area contributed by atoms with Crippen molar-refractivity contribution in [2.75, 3.05) is 0 Å². The van der Waals surface area contributed by atoms with E-state index in [-0.39, 0.29) is 0 Å². The average molecular weight is 499 g/mol. The van der Waals surface area contributed by atoms with Gasteiger partial charge < -0.3 is 0 Å². The van der Waals surface area contributed by atoms with Gasteiger partial charge in [0.15, 0.2) is 0 Å². The molecule has 0 fully saturated rings. The Balaban J connectivity index is 1.39. The van der Waals surface area contributed by atoms with Crippen LogP contribution >= 0.6 is 0 Å². The smallest absolute Gasteiger partial charge is 0.0702 e. The van der Waals surface area contributed by atoms with Gasteiger partial charge in [-0.1, -0.05) is 134 Å². The number of pyridine rings is 2. The standard InChI is InChI=1S/C35H50N2/c1-3-5-7-9-11-12-13-15-17-19-34-26-24-32(28-36-34)33-25-27-35(37-29-33)31-22-20-30(21-23-31)18-16-14-10-8-6-4-2/h20-29H,3-19H2,1-2H3. The lowest BCUT2D eigenvalue weighted by Gasteiger charge is -2.07. The van der Waals surface area contributed by atoms with E-state index in [2.05, 4.69) is 62.4 Å². The normalized spacial score (nSPS) is 11.2. The first-order valence-corrected chi connectivity index (χ1v) is 15.3. The van der Waals surface area contributed by atoms with Gasteiger partial charge in [-0.2, -0.15) is 0 Å². The van der Waals surface area contributed by atoms with Crippen LogP contribution in [0, 0.1) is 0 Å². The lowest BCUT2D eigenvalue weighted by atomic mass is 10.0. The van der Waals surface area contributed by atoms with E-state index in [1.807, 2.05) is 12.4 Å². The first-order valence-electron chi connectivity index (χ1n) is 15.3. The molecule has 0 aliphatic heterocycles. The molecule has 3 aromatic rings. The third-order valence-corrected chi connectivity index (χ3v) is 7.53. The Morgan fingerprint density at radius 1 is 0.432 bits per heavy atom. The molecule has 0 N–H and O–H groups in total. The van der Waals surface area contributed by atoms with Crippen LogP contribution in [0.1, 0.15) is 121 Å². The zero-order valence-corrected chi connectivity index (χ0v) is 23.7. The third-order valence-electron chi connectivity index (χ3n) is 7.53. The van der Waals surface area contributed by atoms with Crippen molar-refractivity contribution in [1.29, 1.82) is 0 Å². The minimum absolute atomic E-state index is 1.03. The topological polar surface area (TPSA) is 25.8 Å². The van der Waals surface area contributed by atoms with Crippen LogP contribution in [0.5, 0.6) is 0 Å². The number of aromatic nitrogens is 2. The molecule has 2 nitrogen and oxygen atoms in total. The molecule has 0 saturated carbocycles. The number of hydrogen-bond acceptors (Lipinski definition) is 2. The maximum absolute atomic E-state index is 4.76. The quantitative estimate of drug-likeness (QED) is 0.154. The lowest BCUT2D eigenvalue weighted by Crippen LogP contribution is -1.92. The van der Waals surface area contributed by atoms with Gasteiger partial charge in [-0.25, -0.2) is 0 Å². The van der Waals surface area contributed by atoms with Crippen LogP contribution < -0.4 is 0 Å². The van der Waals surface area contributed by atoms with Crippen molar-refractivity contribution in [2.24, 2.45) is 0 Å². The number of unbranched alkanes of at least 4 members (excludes halogenated alkanes) is 13. The molecule has 2 heterocycles. The van der Waals surface area contributed by atoms with E-state index < -0.39 is 0 Å². The molecule has 0 saturated heterocycles. The van der Waals surface area contributed by atoms with Crippen molar-refractivity contribution in [3.63, 3.8) is 0 Å². The number of benzene rings is 1. The highest BCUT2D eigenvalue weighted by atomic mass is 14.7. The van der Waals surface area contributed by atoms with Crippen LogP contribution in [0.4, 0.5) is 0 Å². The Kier molecular flexibility index (Phi) is 14.1. The number of aryl methyl sites for hydroxylation is 2. The van der Waals surface area contributed by atoms with Crippen LogP contribution in [-0.4, -0.2) is 9.97 Å². The van der Waals surface area contributed by atoms with Crippen LogP contribution in [0.15, 0.2) is 60.9 Å². The van der Waals surface area contributed by atoms with Gasteiger partial charge in [0, 0.05) is 34.8 Å². The fourth-order valence-electron chi connectivity index (χ4n) is 5.05. The predicted octanol–water partition coefficient (Wildman–Crippen LogP) is 10.8. The monoisotopic (exact) mass is 498 g/mol. The summed E-state index contributed by atoms with van der Waals surface area (Å²) in [5.74, 6) is 0. The molecule has 0 atom stereocenters. The number of nitrogens with zero attached hydrogens (tertiary/aromatic N) is 2. The van der Waals surface area contributed by atoms with E-state index in [1.165, 1.54) is 120 Å². The highest BCUT2D eigenvalue weighted by Crippen LogP contribution is 2.23. The molecule has 0 aliphatic carbocycles. The molecule has 2 aromatic heterocycles. The Hall–Kier alpha value is -2.48. The van der Waals surface area contributed by atoms with Crippen molar-refractivity contribution in [2.45, 2.75) is 123 Å². The van der Waals surface area contributed by atoms with Crippen molar-refractivity contribution in [1.82, 2.24) is 9.97 Å². The van der Waals surface area contributed by atoms with Gasteiger partial charge in [-0.05, 0) is 43.4 Å². The van der Waals surface area contributed by atoms with Crippen molar-refractivity contribution >= 4 is 0 Å². The molecule has 0 aliphatic rings. The van der Waals surface area contributed by atoms with Gasteiger partial charge in [0.1, 0.15) is 0 Å². The molecule has 3 rings (SSSR count). The molecule has 37 heavy (non-hydrogen) atoms. The summed E-state index contributed by atoms with van der Waals surface area (Å²) in [6, 6.07) is 17.7. The van der Waals surface area contributed by atoms with Gasteiger partial charge >= 0.3 is 0 Å². The molecule has 0 bridgehead atoms. The Bertz CT molecular complexity index is 958. The van der Waals surface area contributed by atoms with Crippen molar-refractivity contribution in [3.8, 4) is 22.4 Å². The highest BCUT2D eigenvalue weighted by Gasteiger charge is 2.04. The summed E-state index contributed by atoms with van der Waals surface area (Å²) in [5.41, 5.74) is 7.13. The highest BCUT2D eigenvalue weighted by molar-refractivity contribution is 5.66. The second kappa shape index (κ2) is 17.9. The first-order chi connectivity index (χ1) is 18.3. The van der Waals surface area contributed by atoms with Gasteiger partial charge in [0.2, 0.25) is 0 Å². The zero-order chi connectivity index (χ0) is 26.0. The van der Waals surface area contributed by atoms with Crippen LogP contribution in [0.2, 0.25) is 0 Å². The maximum Gasteiger partial charge on any atom is 0.0702 e. The van der Waals surface area contributed by atoms with Gasteiger partial charge in [0.25, 0.3) is 0 Å². The van der Waals surface area contributed by atoms with Crippen molar-refractivity contribution < 1.29 is 0 Å². The molecule has 2 heteroatoms.